The summed E-state index contributed by atoms with van der Waals surface area (Å²) in [6.45, 7) is 2.66. The highest BCUT2D eigenvalue weighted by Crippen LogP contribution is 2.28. The van der Waals surface area contributed by atoms with Crippen LogP contribution in [0.1, 0.15) is 11.1 Å². The zero-order valence-corrected chi connectivity index (χ0v) is 17.3. The first-order valence-electron chi connectivity index (χ1n) is 9.46. The molecule has 148 valence electrons. The van der Waals surface area contributed by atoms with Gasteiger partial charge in [0.25, 0.3) is 0 Å². The van der Waals surface area contributed by atoms with Crippen LogP contribution in [-0.4, -0.2) is 22.7 Å². The summed E-state index contributed by atoms with van der Waals surface area (Å²) < 4.78 is 7.83. The first kappa shape index (κ1) is 19.8. The third-order valence-corrected chi connectivity index (χ3v) is 5.45. The van der Waals surface area contributed by atoms with Crippen LogP contribution in [0.25, 0.3) is 10.9 Å². The Morgan fingerprint density at radius 1 is 0.931 bits per heavy atom. The van der Waals surface area contributed by atoms with Crippen molar-refractivity contribution in [3.8, 4) is 5.88 Å². The molecule has 29 heavy (non-hydrogen) atoms. The minimum absolute atomic E-state index is 0.560. The quantitative estimate of drug-likeness (QED) is 0.375. The molecule has 0 aliphatic heterocycles. The van der Waals surface area contributed by atoms with Gasteiger partial charge < -0.3 is 14.6 Å². The SMILES string of the molecule is Clc1cccc(Cl)c1Cn1cc(CNCCOc2ccccn2)c2ccccc21. The van der Waals surface area contributed by atoms with E-state index in [2.05, 4.69) is 39.3 Å². The Morgan fingerprint density at radius 3 is 2.52 bits per heavy atom. The molecule has 0 amide bonds. The van der Waals surface area contributed by atoms with E-state index in [4.69, 9.17) is 27.9 Å². The van der Waals surface area contributed by atoms with E-state index in [1.165, 1.54) is 10.9 Å². The molecule has 4 rings (SSSR count). The highest BCUT2D eigenvalue weighted by atomic mass is 35.5. The number of nitrogens with zero attached hydrogens (tertiary/aromatic N) is 2. The van der Waals surface area contributed by atoms with Crippen LogP contribution < -0.4 is 10.1 Å². The number of aromatic nitrogens is 2. The lowest BCUT2D eigenvalue weighted by atomic mass is 10.2. The smallest absolute Gasteiger partial charge is 0.213 e. The van der Waals surface area contributed by atoms with Gasteiger partial charge in [0, 0.05) is 58.1 Å². The standard InChI is InChI=1S/C23H21Cl2N3O/c24-20-7-5-8-21(25)19(20)16-28-15-17(18-6-1-2-9-22(18)28)14-26-12-13-29-23-10-3-4-11-27-23/h1-11,15,26H,12-14,16H2. The molecule has 1 N–H and O–H groups in total. The van der Waals surface area contributed by atoms with Gasteiger partial charge in [0.2, 0.25) is 5.88 Å². The second-order valence-corrected chi connectivity index (χ2v) is 7.51. The van der Waals surface area contributed by atoms with Crippen molar-refractivity contribution in [1.29, 1.82) is 0 Å². The van der Waals surface area contributed by atoms with E-state index in [0.717, 1.165) is 24.2 Å². The number of halogens is 2. The molecule has 2 aromatic heterocycles. The van der Waals surface area contributed by atoms with Crippen LogP contribution in [0, 0.1) is 0 Å². The zero-order valence-electron chi connectivity index (χ0n) is 15.8. The first-order chi connectivity index (χ1) is 14.2. The van der Waals surface area contributed by atoms with Gasteiger partial charge in [-0.15, -0.1) is 0 Å². The van der Waals surface area contributed by atoms with Crippen LogP contribution in [0.5, 0.6) is 5.88 Å². The lowest BCUT2D eigenvalue weighted by molar-refractivity contribution is 0.302. The minimum Gasteiger partial charge on any atom is -0.476 e. The van der Waals surface area contributed by atoms with Crippen molar-refractivity contribution >= 4 is 34.1 Å². The van der Waals surface area contributed by atoms with E-state index in [1.807, 2.05) is 42.5 Å². The van der Waals surface area contributed by atoms with Crippen LogP contribution >= 0.6 is 23.2 Å². The van der Waals surface area contributed by atoms with E-state index < -0.39 is 0 Å². The van der Waals surface area contributed by atoms with Gasteiger partial charge in [0.05, 0.1) is 6.54 Å². The first-order valence-corrected chi connectivity index (χ1v) is 10.2. The van der Waals surface area contributed by atoms with Crippen LogP contribution in [-0.2, 0) is 13.1 Å². The summed E-state index contributed by atoms with van der Waals surface area (Å²) >= 11 is 12.8. The van der Waals surface area contributed by atoms with Gasteiger partial charge in [0.15, 0.2) is 0 Å². The van der Waals surface area contributed by atoms with Gasteiger partial charge in [-0.1, -0.05) is 53.5 Å². The normalized spacial score (nSPS) is 11.1. The number of fused-ring (bicyclic) bond motifs is 1. The molecule has 0 saturated carbocycles. The maximum Gasteiger partial charge on any atom is 0.213 e. The number of benzene rings is 2. The summed E-state index contributed by atoms with van der Waals surface area (Å²) in [6, 6.07) is 19.6. The van der Waals surface area contributed by atoms with E-state index in [1.54, 1.807) is 6.20 Å². The Kier molecular flexibility index (Phi) is 6.35. The Balaban J connectivity index is 1.45. The number of rotatable bonds is 8. The molecular weight excluding hydrogens is 405 g/mol. The molecular formula is C23H21Cl2N3O. The molecule has 0 aliphatic rings. The second kappa shape index (κ2) is 9.31. The summed E-state index contributed by atoms with van der Waals surface area (Å²) in [6.07, 6.45) is 3.89. The Labute approximate surface area is 180 Å². The van der Waals surface area contributed by atoms with Crippen molar-refractivity contribution in [2.75, 3.05) is 13.2 Å². The molecule has 2 aromatic carbocycles. The third kappa shape index (κ3) is 4.73. The number of para-hydroxylation sites is 1. The number of hydrogen-bond donors (Lipinski definition) is 1. The predicted molar refractivity (Wildman–Crippen MR) is 119 cm³/mol. The summed E-state index contributed by atoms with van der Waals surface area (Å²) in [5.74, 6) is 0.641. The summed E-state index contributed by atoms with van der Waals surface area (Å²) in [4.78, 5) is 4.16. The molecule has 6 heteroatoms. The molecule has 4 aromatic rings. The van der Waals surface area contributed by atoms with Crippen molar-refractivity contribution in [3.05, 3.63) is 94.2 Å². The lowest BCUT2D eigenvalue weighted by Crippen LogP contribution is -2.20. The van der Waals surface area contributed by atoms with Crippen LogP contribution in [0.2, 0.25) is 10.0 Å². The second-order valence-electron chi connectivity index (χ2n) is 6.69. The topological polar surface area (TPSA) is 39.1 Å². The number of hydrogen-bond acceptors (Lipinski definition) is 3. The van der Waals surface area contributed by atoms with Crippen LogP contribution in [0.15, 0.2) is 73.1 Å². The molecule has 0 spiro atoms. The molecule has 0 bridgehead atoms. The Hall–Kier alpha value is -2.53. The Morgan fingerprint density at radius 2 is 1.72 bits per heavy atom. The van der Waals surface area contributed by atoms with Crippen molar-refractivity contribution in [2.45, 2.75) is 13.1 Å². The van der Waals surface area contributed by atoms with Gasteiger partial charge in [0.1, 0.15) is 6.61 Å². The number of nitrogens with one attached hydrogen (secondary N) is 1. The minimum atomic E-state index is 0.560. The highest BCUT2D eigenvalue weighted by Gasteiger charge is 2.11. The van der Waals surface area contributed by atoms with E-state index in [9.17, 15) is 0 Å². The fourth-order valence-electron chi connectivity index (χ4n) is 3.33. The molecule has 0 saturated heterocycles. The molecule has 2 heterocycles. The maximum atomic E-state index is 6.38. The summed E-state index contributed by atoms with van der Waals surface area (Å²) in [5.41, 5.74) is 3.31. The van der Waals surface area contributed by atoms with Gasteiger partial charge in [-0.2, -0.15) is 0 Å². The number of ether oxygens (including phenoxy) is 1. The van der Waals surface area contributed by atoms with Crippen molar-refractivity contribution in [1.82, 2.24) is 14.9 Å². The third-order valence-electron chi connectivity index (χ3n) is 4.74. The lowest BCUT2D eigenvalue weighted by Gasteiger charge is -2.09. The van der Waals surface area contributed by atoms with E-state index in [0.29, 0.717) is 29.1 Å². The van der Waals surface area contributed by atoms with Gasteiger partial charge in [-0.25, -0.2) is 4.98 Å². The molecule has 0 unspecified atom stereocenters. The van der Waals surface area contributed by atoms with Crippen molar-refractivity contribution in [2.24, 2.45) is 0 Å². The zero-order chi connectivity index (χ0) is 20.1. The van der Waals surface area contributed by atoms with Crippen molar-refractivity contribution in [3.63, 3.8) is 0 Å². The van der Waals surface area contributed by atoms with Gasteiger partial charge in [-0.3, -0.25) is 0 Å². The fraction of sp³-hybridized carbons (Fsp3) is 0.174. The largest absolute Gasteiger partial charge is 0.476 e. The van der Waals surface area contributed by atoms with Crippen molar-refractivity contribution < 1.29 is 4.74 Å². The monoisotopic (exact) mass is 425 g/mol. The van der Waals surface area contributed by atoms with Gasteiger partial charge >= 0.3 is 0 Å². The number of pyridine rings is 1. The average molecular weight is 426 g/mol. The van der Waals surface area contributed by atoms with Gasteiger partial charge in [-0.05, 0) is 29.8 Å². The molecule has 0 atom stereocenters. The Bertz CT molecular complexity index is 1080. The molecule has 4 nitrogen and oxygen atoms in total. The maximum absolute atomic E-state index is 6.38. The fourth-order valence-corrected chi connectivity index (χ4v) is 3.85. The summed E-state index contributed by atoms with van der Waals surface area (Å²) in [5, 5.41) is 6.03. The van der Waals surface area contributed by atoms with E-state index in [-0.39, 0.29) is 0 Å². The molecule has 0 radical (unpaired) electrons. The van der Waals surface area contributed by atoms with Crippen LogP contribution in [0.3, 0.4) is 0 Å². The van der Waals surface area contributed by atoms with E-state index >= 15 is 0 Å². The predicted octanol–water partition coefficient (Wildman–Crippen LogP) is 5.56. The molecule has 0 fully saturated rings. The highest BCUT2D eigenvalue weighted by molar-refractivity contribution is 6.36. The molecule has 0 aliphatic carbocycles. The average Bonchev–Trinajstić information content (AvgIpc) is 3.09. The summed E-state index contributed by atoms with van der Waals surface area (Å²) in [7, 11) is 0. The van der Waals surface area contributed by atoms with Crippen LogP contribution in [0.4, 0.5) is 0 Å².